The number of aromatic amines is 2. The summed E-state index contributed by atoms with van der Waals surface area (Å²) in [5, 5.41) is 14.7. The van der Waals surface area contributed by atoms with E-state index in [1.165, 1.54) is 12.1 Å². The number of nitrogens with one attached hydrogen (secondary N) is 3. The zero-order valence-corrected chi connectivity index (χ0v) is 13.3. The van der Waals surface area contributed by atoms with Crippen molar-refractivity contribution in [2.75, 3.05) is 5.32 Å². The van der Waals surface area contributed by atoms with Gasteiger partial charge in [-0.1, -0.05) is 6.07 Å². The summed E-state index contributed by atoms with van der Waals surface area (Å²) in [7, 11) is 0. The van der Waals surface area contributed by atoms with E-state index in [2.05, 4.69) is 25.7 Å². The lowest BCUT2D eigenvalue weighted by Gasteiger charge is -2.05. The van der Waals surface area contributed by atoms with Gasteiger partial charge in [0.2, 0.25) is 0 Å². The Kier molecular flexibility index (Phi) is 4.14. The third-order valence-corrected chi connectivity index (χ3v) is 3.75. The van der Waals surface area contributed by atoms with Crippen molar-refractivity contribution in [3.8, 4) is 11.3 Å². The molecule has 0 atom stereocenters. The fraction of sp³-hybridized carbons (Fsp3) is 0.125. The third kappa shape index (κ3) is 3.03. The first-order valence-electron chi connectivity index (χ1n) is 7.25. The average Bonchev–Trinajstić information content (AvgIpc) is 2.99. The van der Waals surface area contributed by atoms with E-state index in [9.17, 15) is 18.4 Å². The fourth-order valence-corrected chi connectivity index (χ4v) is 2.35. The Balaban J connectivity index is 1.91. The van der Waals surface area contributed by atoms with Crippen LogP contribution in [0.2, 0.25) is 0 Å². The van der Waals surface area contributed by atoms with Gasteiger partial charge < -0.3 is 5.32 Å². The van der Waals surface area contributed by atoms with Crippen LogP contribution in [0.1, 0.15) is 21.6 Å². The fourth-order valence-electron chi connectivity index (χ4n) is 2.35. The number of hydrogen-bond donors (Lipinski definition) is 3. The quantitative estimate of drug-likeness (QED) is 0.677. The lowest BCUT2D eigenvalue weighted by molar-refractivity contribution is 0.102. The minimum atomic E-state index is -0.765. The van der Waals surface area contributed by atoms with Crippen molar-refractivity contribution < 1.29 is 13.6 Å². The van der Waals surface area contributed by atoms with Crippen LogP contribution in [0.3, 0.4) is 0 Å². The number of halogens is 2. The van der Waals surface area contributed by atoms with Crippen molar-refractivity contribution in [1.29, 1.82) is 0 Å². The van der Waals surface area contributed by atoms with Gasteiger partial charge in [0, 0.05) is 6.07 Å². The summed E-state index contributed by atoms with van der Waals surface area (Å²) in [4.78, 5) is 24.2. The van der Waals surface area contributed by atoms with Crippen molar-refractivity contribution in [2.24, 2.45) is 0 Å². The lowest BCUT2D eigenvalue weighted by atomic mass is 10.1. The Morgan fingerprint density at radius 3 is 2.48 bits per heavy atom. The molecular weight excluding hydrogens is 332 g/mol. The second kappa shape index (κ2) is 6.27. The zero-order chi connectivity index (χ0) is 18.1. The molecule has 0 bridgehead atoms. The SMILES string of the molecule is Cc1n[nH]c(=O)c(C(=O)Nc2cc(-c3c(F)cccc3F)[nH]n2)c1C. The van der Waals surface area contributed by atoms with Crippen LogP contribution in [0.4, 0.5) is 14.6 Å². The molecule has 1 amide bonds. The lowest BCUT2D eigenvalue weighted by Crippen LogP contribution is -2.26. The molecule has 0 unspecified atom stereocenters. The summed E-state index contributed by atoms with van der Waals surface area (Å²) in [6, 6.07) is 4.74. The molecule has 0 radical (unpaired) electrons. The smallest absolute Gasteiger partial charge is 0.277 e. The van der Waals surface area contributed by atoms with Crippen LogP contribution in [-0.4, -0.2) is 26.3 Å². The van der Waals surface area contributed by atoms with Gasteiger partial charge >= 0.3 is 0 Å². The molecule has 25 heavy (non-hydrogen) atoms. The molecule has 3 aromatic rings. The number of H-pyrrole nitrogens is 2. The van der Waals surface area contributed by atoms with Crippen LogP contribution in [0.5, 0.6) is 0 Å². The molecule has 0 fully saturated rings. The number of carbonyl (C=O) groups excluding carboxylic acids is 1. The third-order valence-electron chi connectivity index (χ3n) is 3.75. The molecule has 0 spiro atoms. The summed E-state index contributed by atoms with van der Waals surface area (Å²) in [5.41, 5.74) is -0.0459. The van der Waals surface area contributed by atoms with Gasteiger partial charge in [-0.15, -0.1) is 0 Å². The maximum absolute atomic E-state index is 13.8. The van der Waals surface area contributed by atoms with E-state index in [1.807, 2.05) is 0 Å². The molecular formula is C16H13F2N5O2. The highest BCUT2D eigenvalue weighted by molar-refractivity contribution is 6.04. The van der Waals surface area contributed by atoms with E-state index >= 15 is 0 Å². The number of aryl methyl sites for hydroxylation is 1. The predicted molar refractivity (Wildman–Crippen MR) is 86.2 cm³/mol. The average molecular weight is 345 g/mol. The Hall–Kier alpha value is -3.36. The second-order valence-corrected chi connectivity index (χ2v) is 5.36. The van der Waals surface area contributed by atoms with Crippen LogP contribution in [0, 0.1) is 25.5 Å². The van der Waals surface area contributed by atoms with E-state index < -0.39 is 23.1 Å². The molecule has 3 N–H and O–H groups in total. The van der Waals surface area contributed by atoms with Crippen LogP contribution in [0.15, 0.2) is 29.1 Å². The number of aromatic nitrogens is 4. The summed E-state index contributed by atoms with van der Waals surface area (Å²) in [6.07, 6.45) is 0. The highest BCUT2D eigenvalue weighted by atomic mass is 19.1. The molecule has 2 heterocycles. The van der Waals surface area contributed by atoms with Gasteiger partial charge in [-0.05, 0) is 31.5 Å². The van der Waals surface area contributed by atoms with Crippen LogP contribution in [-0.2, 0) is 0 Å². The zero-order valence-electron chi connectivity index (χ0n) is 13.3. The summed E-state index contributed by atoms with van der Waals surface area (Å²) in [6.45, 7) is 3.24. The highest BCUT2D eigenvalue weighted by Crippen LogP contribution is 2.25. The summed E-state index contributed by atoms with van der Waals surface area (Å²) in [5.74, 6) is -2.20. The first kappa shape index (κ1) is 16.5. The summed E-state index contributed by atoms with van der Waals surface area (Å²) >= 11 is 0. The van der Waals surface area contributed by atoms with Gasteiger partial charge in [0.25, 0.3) is 11.5 Å². The van der Waals surface area contributed by atoms with Crippen molar-refractivity contribution >= 4 is 11.7 Å². The minimum absolute atomic E-state index is 0.0240. The van der Waals surface area contributed by atoms with Crippen molar-refractivity contribution in [2.45, 2.75) is 13.8 Å². The molecule has 0 aliphatic heterocycles. The molecule has 0 aliphatic rings. The van der Waals surface area contributed by atoms with Crippen molar-refractivity contribution in [3.63, 3.8) is 0 Å². The highest BCUT2D eigenvalue weighted by Gasteiger charge is 2.19. The van der Waals surface area contributed by atoms with Gasteiger partial charge in [0.1, 0.15) is 17.2 Å². The molecule has 128 valence electrons. The number of carbonyl (C=O) groups is 1. The first-order valence-corrected chi connectivity index (χ1v) is 7.25. The normalized spacial score (nSPS) is 10.7. The second-order valence-electron chi connectivity index (χ2n) is 5.36. The number of benzene rings is 1. The van der Waals surface area contributed by atoms with Crippen molar-refractivity contribution in [3.05, 3.63) is 63.1 Å². The first-order chi connectivity index (χ1) is 11.9. The number of amides is 1. The van der Waals surface area contributed by atoms with Gasteiger partial charge in [-0.25, -0.2) is 13.9 Å². The van der Waals surface area contributed by atoms with Gasteiger partial charge in [-0.3, -0.25) is 14.7 Å². The minimum Gasteiger partial charge on any atom is -0.305 e. The predicted octanol–water partition coefficient (Wildman–Crippen LogP) is 2.31. The van der Waals surface area contributed by atoms with Gasteiger partial charge in [-0.2, -0.15) is 10.2 Å². The Labute approximate surface area is 140 Å². The standard InChI is InChI=1S/C16H13F2N5O2/c1-7-8(2)20-23-16(25)13(7)15(24)19-12-6-11(21-22-12)14-9(17)4-3-5-10(14)18/h3-6H,1-2H3,(H,23,25)(H2,19,21,22,24). The van der Waals surface area contributed by atoms with Gasteiger partial charge in [0.05, 0.1) is 17.0 Å². The maximum Gasteiger partial charge on any atom is 0.277 e. The monoisotopic (exact) mass is 345 g/mol. The maximum atomic E-state index is 13.8. The Bertz CT molecular complexity index is 1010. The summed E-state index contributed by atoms with van der Waals surface area (Å²) < 4.78 is 27.6. The van der Waals surface area contributed by atoms with Crippen molar-refractivity contribution in [1.82, 2.24) is 20.4 Å². The molecule has 9 heteroatoms. The van der Waals surface area contributed by atoms with E-state index in [-0.39, 0.29) is 22.6 Å². The molecule has 2 aromatic heterocycles. The van der Waals surface area contributed by atoms with Crippen LogP contribution >= 0.6 is 0 Å². The molecule has 0 saturated heterocycles. The Morgan fingerprint density at radius 1 is 1.12 bits per heavy atom. The number of nitrogens with zero attached hydrogens (tertiary/aromatic N) is 2. The number of hydrogen-bond acceptors (Lipinski definition) is 4. The Morgan fingerprint density at radius 2 is 1.80 bits per heavy atom. The number of anilines is 1. The van der Waals surface area contributed by atoms with E-state index in [4.69, 9.17) is 0 Å². The van der Waals surface area contributed by atoms with E-state index in [0.29, 0.717) is 11.3 Å². The van der Waals surface area contributed by atoms with Crippen LogP contribution < -0.4 is 10.9 Å². The molecule has 0 aliphatic carbocycles. The molecule has 0 saturated carbocycles. The number of rotatable bonds is 3. The van der Waals surface area contributed by atoms with E-state index in [1.54, 1.807) is 13.8 Å². The largest absolute Gasteiger partial charge is 0.305 e. The van der Waals surface area contributed by atoms with Gasteiger partial charge in [0.15, 0.2) is 5.82 Å². The molecule has 3 rings (SSSR count). The molecule has 7 nitrogen and oxygen atoms in total. The van der Waals surface area contributed by atoms with Crippen LogP contribution in [0.25, 0.3) is 11.3 Å². The molecule has 1 aromatic carbocycles. The topological polar surface area (TPSA) is 104 Å². The van der Waals surface area contributed by atoms with E-state index in [0.717, 1.165) is 12.1 Å².